The van der Waals surface area contributed by atoms with Crippen molar-refractivity contribution in [3.63, 3.8) is 0 Å². The van der Waals surface area contributed by atoms with Gasteiger partial charge in [-0.3, -0.25) is 0 Å². The summed E-state index contributed by atoms with van der Waals surface area (Å²) in [5, 5.41) is 0. The Morgan fingerprint density at radius 3 is 2.26 bits per heavy atom. The molecule has 1 saturated heterocycles. The predicted molar refractivity (Wildman–Crippen MR) is 77.2 cm³/mol. The fourth-order valence-corrected chi connectivity index (χ4v) is 1.96. The van der Waals surface area contributed by atoms with E-state index in [1.807, 2.05) is 52.0 Å². The lowest BCUT2D eigenvalue weighted by Gasteiger charge is -2.32. The molecule has 0 aliphatic carbocycles. The molecule has 5 heteroatoms. The standard InChI is InChI=1S/C14H22BNO3/c1-13(2)14(3,4)19-15(18-13)9-10-17-12-8-6-5-7-11(12)16/h5-8H,9-10,16H2,1-4H3. The molecule has 1 aromatic carbocycles. The normalized spacial score (nSPS) is 20.5. The number of rotatable bonds is 4. The first-order valence-electron chi connectivity index (χ1n) is 6.65. The zero-order valence-electron chi connectivity index (χ0n) is 12.1. The molecule has 0 atom stereocenters. The van der Waals surface area contributed by atoms with Gasteiger partial charge < -0.3 is 19.8 Å². The molecule has 1 aliphatic heterocycles. The summed E-state index contributed by atoms with van der Waals surface area (Å²) < 4.78 is 17.4. The van der Waals surface area contributed by atoms with Gasteiger partial charge in [0, 0.05) is 6.32 Å². The van der Waals surface area contributed by atoms with Gasteiger partial charge in [-0.25, -0.2) is 0 Å². The van der Waals surface area contributed by atoms with Crippen LogP contribution < -0.4 is 10.5 Å². The number of anilines is 1. The average Bonchev–Trinajstić information content (AvgIpc) is 2.50. The van der Waals surface area contributed by atoms with E-state index in [-0.39, 0.29) is 18.3 Å². The van der Waals surface area contributed by atoms with Gasteiger partial charge >= 0.3 is 7.12 Å². The van der Waals surface area contributed by atoms with E-state index in [0.717, 1.165) is 0 Å². The Morgan fingerprint density at radius 2 is 1.68 bits per heavy atom. The summed E-state index contributed by atoms with van der Waals surface area (Å²) in [5.74, 6) is 0.707. The minimum Gasteiger partial charge on any atom is -0.492 e. The number of hydrogen-bond donors (Lipinski definition) is 1. The third kappa shape index (κ3) is 3.04. The van der Waals surface area contributed by atoms with E-state index in [4.69, 9.17) is 19.8 Å². The van der Waals surface area contributed by atoms with Gasteiger partial charge in [-0.1, -0.05) is 12.1 Å². The summed E-state index contributed by atoms with van der Waals surface area (Å²) in [5.41, 5.74) is 5.89. The largest absolute Gasteiger partial charge is 0.492 e. The van der Waals surface area contributed by atoms with Crippen LogP contribution in [0.3, 0.4) is 0 Å². The van der Waals surface area contributed by atoms with E-state index < -0.39 is 0 Å². The van der Waals surface area contributed by atoms with E-state index in [0.29, 0.717) is 24.4 Å². The highest BCUT2D eigenvalue weighted by Gasteiger charge is 2.50. The van der Waals surface area contributed by atoms with Crippen molar-refractivity contribution in [1.29, 1.82) is 0 Å². The van der Waals surface area contributed by atoms with Crippen LogP contribution >= 0.6 is 0 Å². The molecule has 0 aromatic heterocycles. The SMILES string of the molecule is CC1(C)OB(CCOc2ccccc2N)OC1(C)C. The Kier molecular flexibility index (Phi) is 3.79. The van der Waals surface area contributed by atoms with Crippen molar-refractivity contribution in [3.05, 3.63) is 24.3 Å². The van der Waals surface area contributed by atoms with Gasteiger partial charge in [-0.2, -0.15) is 0 Å². The van der Waals surface area contributed by atoms with E-state index in [1.54, 1.807) is 0 Å². The zero-order chi connectivity index (χ0) is 14.1. The van der Waals surface area contributed by atoms with Crippen LogP contribution in [0.15, 0.2) is 24.3 Å². The molecule has 19 heavy (non-hydrogen) atoms. The van der Waals surface area contributed by atoms with E-state index >= 15 is 0 Å². The Balaban J connectivity index is 1.84. The predicted octanol–water partition coefficient (Wildman–Crippen LogP) is 2.74. The van der Waals surface area contributed by atoms with Crippen molar-refractivity contribution in [2.24, 2.45) is 0 Å². The van der Waals surface area contributed by atoms with Gasteiger partial charge in [0.05, 0.1) is 23.5 Å². The summed E-state index contributed by atoms with van der Waals surface area (Å²) in [6.45, 7) is 8.70. The summed E-state index contributed by atoms with van der Waals surface area (Å²) in [6.07, 6.45) is 0.682. The van der Waals surface area contributed by atoms with Gasteiger partial charge in [0.1, 0.15) is 5.75 Å². The highest BCUT2D eigenvalue weighted by Crippen LogP contribution is 2.37. The molecule has 1 heterocycles. The van der Waals surface area contributed by atoms with Crippen LogP contribution in [0.2, 0.25) is 6.32 Å². The molecule has 1 fully saturated rings. The van der Waals surface area contributed by atoms with Crippen molar-refractivity contribution in [3.8, 4) is 5.75 Å². The first kappa shape index (κ1) is 14.2. The topological polar surface area (TPSA) is 53.7 Å². The van der Waals surface area contributed by atoms with Crippen LogP contribution in [0.5, 0.6) is 5.75 Å². The molecule has 0 unspecified atom stereocenters. The molecule has 0 spiro atoms. The van der Waals surface area contributed by atoms with Gasteiger partial charge in [0.15, 0.2) is 0 Å². The van der Waals surface area contributed by atoms with E-state index in [2.05, 4.69) is 0 Å². The summed E-state index contributed by atoms with van der Waals surface area (Å²) >= 11 is 0. The third-order valence-corrected chi connectivity index (χ3v) is 3.83. The van der Waals surface area contributed by atoms with Crippen molar-refractivity contribution >= 4 is 12.8 Å². The Hall–Kier alpha value is -1.20. The van der Waals surface area contributed by atoms with Gasteiger partial charge in [0.2, 0.25) is 0 Å². The Labute approximate surface area is 115 Å². The maximum Gasteiger partial charge on any atom is 0.461 e. The lowest BCUT2D eigenvalue weighted by Crippen LogP contribution is -2.41. The monoisotopic (exact) mass is 263 g/mol. The highest BCUT2D eigenvalue weighted by atomic mass is 16.7. The van der Waals surface area contributed by atoms with Gasteiger partial charge in [0.25, 0.3) is 0 Å². The quantitative estimate of drug-likeness (QED) is 0.670. The first-order chi connectivity index (χ1) is 8.82. The molecule has 2 N–H and O–H groups in total. The molecule has 104 valence electrons. The fourth-order valence-electron chi connectivity index (χ4n) is 1.96. The molecule has 2 rings (SSSR count). The lowest BCUT2D eigenvalue weighted by atomic mass is 9.86. The number of hydrogen-bond acceptors (Lipinski definition) is 4. The number of para-hydroxylation sites is 2. The first-order valence-corrected chi connectivity index (χ1v) is 6.65. The van der Waals surface area contributed by atoms with Crippen LogP contribution in [-0.2, 0) is 9.31 Å². The maximum atomic E-state index is 5.90. The molecular weight excluding hydrogens is 241 g/mol. The molecular formula is C14H22BNO3. The van der Waals surface area contributed by atoms with Crippen LogP contribution in [0.1, 0.15) is 27.7 Å². The van der Waals surface area contributed by atoms with Crippen molar-refractivity contribution in [2.75, 3.05) is 12.3 Å². The third-order valence-electron chi connectivity index (χ3n) is 3.83. The summed E-state index contributed by atoms with van der Waals surface area (Å²) in [7, 11) is -0.227. The highest BCUT2D eigenvalue weighted by molar-refractivity contribution is 6.45. The van der Waals surface area contributed by atoms with Crippen LogP contribution in [0.4, 0.5) is 5.69 Å². The average molecular weight is 263 g/mol. The molecule has 0 radical (unpaired) electrons. The van der Waals surface area contributed by atoms with E-state index in [1.165, 1.54) is 0 Å². The summed E-state index contributed by atoms with van der Waals surface area (Å²) in [4.78, 5) is 0. The minimum atomic E-state index is -0.288. The van der Waals surface area contributed by atoms with Crippen molar-refractivity contribution < 1.29 is 14.0 Å². The smallest absolute Gasteiger partial charge is 0.461 e. The van der Waals surface area contributed by atoms with Gasteiger partial charge in [-0.15, -0.1) is 0 Å². The Morgan fingerprint density at radius 1 is 1.11 bits per heavy atom. The maximum absolute atomic E-state index is 5.90. The second-order valence-electron chi connectivity index (χ2n) is 5.86. The zero-order valence-corrected chi connectivity index (χ0v) is 12.1. The Bertz CT molecular complexity index is 432. The van der Waals surface area contributed by atoms with Crippen LogP contribution in [-0.4, -0.2) is 24.9 Å². The molecule has 0 saturated carbocycles. The second-order valence-corrected chi connectivity index (χ2v) is 5.86. The molecule has 0 amide bonds. The van der Waals surface area contributed by atoms with Crippen LogP contribution in [0, 0.1) is 0 Å². The van der Waals surface area contributed by atoms with Gasteiger partial charge in [-0.05, 0) is 39.8 Å². The molecule has 4 nitrogen and oxygen atoms in total. The number of nitrogen functional groups attached to an aromatic ring is 1. The van der Waals surface area contributed by atoms with E-state index in [9.17, 15) is 0 Å². The number of benzene rings is 1. The minimum absolute atomic E-state index is 0.227. The van der Waals surface area contributed by atoms with Crippen molar-refractivity contribution in [2.45, 2.75) is 45.2 Å². The molecule has 0 bridgehead atoms. The second kappa shape index (κ2) is 5.06. The van der Waals surface area contributed by atoms with Crippen LogP contribution in [0.25, 0.3) is 0 Å². The number of nitrogens with two attached hydrogens (primary N) is 1. The lowest BCUT2D eigenvalue weighted by molar-refractivity contribution is 0.00578. The van der Waals surface area contributed by atoms with Crippen molar-refractivity contribution in [1.82, 2.24) is 0 Å². The fraction of sp³-hybridized carbons (Fsp3) is 0.571. The molecule has 1 aromatic rings. The number of ether oxygens (including phenoxy) is 1. The molecule has 1 aliphatic rings. The summed E-state index contributed by atoms with van der Waals surface area (Å²) in [6, 6.07) is 7.47.